The molecule has 0 radical (unpaired) electrons. The molecule has 0 bridgehead atoms. The molecule has 0 aliphatic rings. The Bertz CT molecular complexity index is 819. The van der Waals surface area contributed by atoms with Crippen LogP contribution < -0.4 is 10.6 Å². The van der Waals surface area contributed by atoms with E-state index in [1.165, 1.54) is 0 Å². The topological polar surface area (TPSA) is 84.5 Å². The van der Waals surface area contributed by atoms with Crippen LogP contribution in [-0.4, -0.2) is 29.9 Å². The maximum atomic E-state index is 12.5. The zero-order valence-corrected chi connectivity index (χ0v) is 17.1. The lowest BCUT2D eigenvalue weighted by Gasteiger charge is -2.24. The molecule has 0 aromatic heterocycles. The first kappa shape index (κ1) is 22.1. The monoisotopic (exact) mass is 396 g/mol. The molecule has 0 aliphatic carbocycles. The van der Waals surface area contributed by atoms with Gasteiger partial charge in [-0.3, -0.25) is 14.4 Å². The van der Waals surface area contributed by atoms with Crippen LogP contribution in [0.25, 0.3) is 0 Å². The van der Waals surface area contributed by atoms with E-state index in [4.69, 9.17) is 4.74 Å². The first-order valence-electron chi connectivity index (χ1n) is 9.68. The third-order valence-electron chi connectivity index (χ3n) is 4.64. The Hall–Kier alpha value is -3.15. The Labute approximate surface area is 171 Å². The first-order chi connectivity index (χ1) is 13.8. The van der Waals surface area contributed by atoms with Crippen molar-refractivity contribution in [1.29, 1.82) is 0 Å². The first-order valence-corrected chi connectivity index (χ1v) is 9.68. The highest BCUT2D eigenvalue weighted by molar-refractivity contribution is 5.94. The van der Waals surface area contributed by atoms with Gasteiger partial charge in [0.1, 0.15) is 0 Å². The number of hydrogen-bond donors (Lipinski definition) is 2. The second kappa shape index (κ2) is 10.4. The number of nitrogens with one attached hydrogen (secondary N) is 2. The average Bonchev–Trinajstić information content (AvgIpc) is 2.72. The molecule has 6 nitrogen and oxygen atoms in total. The summed E-state index contributed by atoms with van der Waals surface area (Å²) >= 11 is 0. The minimum Gasteiger partial charge on any atom is -0.456 e. The summed E-state index contributed by atoms with van der Waals surface area (Å²) < 4.78 is 5.13. The highest BCUT2D eigenvalue weighted by atomic mass is 16.5. The van der Waals surface area contributed by atoms with Gasteiger partial charge in [-0.1, -0.05) is 55.5 Å². The average molecular weight is 396 g/mol. The number of ether oxygens (including phenoxy) is 1. The Balaban J connectivity index is 2.00. The predicted molar refractivity (Wildman–Crippen MR) is 111 cm³/mol. The van der Waals surface area contributed by atoms with Gasteiger partial charge in [0.05, 0.1) is 12.5 Å². The molecule has 0 heterocycles. The molecule has 2 amide bonds. The van der Waals surface area contributed by atoms with Gasteiger partial charge < -0.3 is 15.4 Å². The Morgan fingerprint density at radius 3 is 2.14 bits per heavy atom. The van der Waals surface area contributed by atoms with Crippen LogP contribution in [0.1, 0.15) is 55.6 Å². The summed E-state index contributed by atoms with van der Waals surface area (Å²) in [5.41, 5.74) is 0.924. The lowest BCUT2D eigenvalue weighted by Crippen LogP contribution is -2.44. The van der Waals surface area contributed by atoms with Gasteiger partial charge in [-0.25, -0.2) is 0 Å². The molecule has 0 saturated carbocycles. The van der Waals surface area contributed by atoms with Crippen LogP contribution in [0.4, 0.5) is 0 Å². The molecule has 154 valence electrons. The quantitative estimate of drug-likeness (QED) is 0.636. The van der Waals surface area contributed by atoms with Gasteiger partial charge in [-0.15, -0.1) is 0 Å². The molecule has 6 heteroatoms. The summed E-state index contributed by atoms with van der Waals surface area (Å²) in [4.78, 5) is 36.9. The summed E-state index contributed by atoms with van der Waals surface area (Å²) in [7, 11) is 0. The van der Waals surface area contributed by atoms with Gasteiger partial charge in [0.15, 0.2) is 6.61 Å². The van der Waals surface area contributed by atoms with Crippen molar-refractivity contribution in [2.24, 2.45) is 0 Å². The molecule has 29 heavy (non-hydrogen) atoms. The van der Waals surface area contributed by atoms with Crippen LogP contribution in [-0.2, 0) is 14.3 Å². The third-order valence-corrected chi connectivity index (χ3v) is 4.64. The van der Waals surface area contributed by atoms with E-state index in [0.717, 1.165) is 12.0 Å². The molecule has 0 aliphatic heterocycles. The SMILES string of the molecule is CCC(C)(C)NC(=O)COC(=O)CC(NC(=O)c1ccccc1)c1ccccc1. The van der Waals surface area contributed by atoms with Crippen molar-refractivity contribution in [3.05, 3.63) is 71.8 Å². The zero-order chi connectivity index (χ0) is 21.3. The van der Waals surface area contributed by atoms with E-state index in [1.807, 2.05) is 57.2 Å². The molecule has 1 unspecified atom stereocenters. The van der Waals surface area contributed by atoms with Crippen molar-refractivity contribution in [2.75, 3.05) is 6.61 Å². The molecule has 0 spiro atoms. The standard InChI is InChI=1S/C23H28N2O4/c1-4-23(2,3)25-20(26)16-29-21(27)15-19(17-11-7-5-8-12-17)24-22(28)18-13-9-6-10-14-18/h5-14,19H,4,15-16H2,1-3H3,(H,24,28)(H,25,26). The fourth-order valence-electron chi connectivity index (χ4n) is 2.64. The number of amides is 2. The fraction of sp³-hybridized carbons (Fsp3) is 0.348. The van der Waals surface area contributed by atoms with Gasteiger partial charge in [-0.2, -0.15) is 0 Å². The summed E-state index contributed by atoms with van der Waals surface area (Å²) in [6.45, 7) is 5.41. The second-order valence-corrected chi connectivity index (χ2v) is 7.45. The van der Waals surface area contributed by atoms with Crippen LogP contribution in [0.3, 0.4) is 0 Å². The van der Waals surface area contributed by atoms with Crippen LogP contribution in [0.15, 0.2) is 60.7 Å². The number of rotatable bonds is 9. The largest absolute Gasteiger partial charge is 0.456 e. The van der Waals surface area contributed by atoms with Crippen LogP contribution >= 0.6 is 0 Å². The molecule has 0 fully saturated rings. The molecular weight excluding hydrogens is 368 g/mol. The second-order valence-electron chi connectivity index (χ2n) is 7.45. The highest BCUT2D eigenvalue weighted by Gasteiger charge is 2.22. The van der Waals surface area contributed by atoms with E-state index in [1.54, 1.807) is 24.3 Å². The lowest BCUT2D eigenvalue weighted by molar-refractivity contribution is -0.149. The van der Waals surface area contributed by atoms with Gasteiger partial charge in [0.25, 0.3) is 11.8 Å². The van der Waals surface area contributed by atoms with Crippen LogP contribution in [0.2, 0.25) is 0 Å². The van der Waals surface area contributed by atoms with E-state index in [9.17, 15) is 14.4 Å². The number of hydrogen-bond acceptors (Lipinski definition) is 4. The highest BCUT2D eigenvalue weighted by Crippen LogP contribution is 2.18. The van der Waals surface area contributed by atoms with Gasteiger partial charge in [-0.05, 0) is 38.0 Å². The summed E-state index contributed by atoms with van der Waals surface area (Å²) in [6, 6.07) is 17.4. The van der Waals surface area contributed by atoms with Gasteiger partial charge >= 0.3 is 5.97 Å². The number of carbonyl (C=O) groups is 3. The number of benzene rings is 2. The number of esters is 1. The van der Waals surface area contributed by atoms with E-state index < -0.39 is 12.0 Å². The summed E-state index contributed by atoms with van der Waals surface area (Å²) in [5, 5.41) is 5.69. The summed E-state index contributed by atoms with van der Waals surface area (Å²) in [6.07, 6.45) is 0.682. The fourth-order valence-corrected chi connectivity index (χ4v) is 2.64. The van der Waals surface area contributed by atoms with E-state index in [0.29, 0.717) is 5.56 Å². The molecule has 0 saturated heterocycles. The van der Waals surface area contributed by atoms with Crippen molar-refractivity contribution < 1.29 is 19.1 Å². The minimum absolute atomic E-state index is 0.0764. The third kappa shape index (κ3) is 7.41. The zero-order valence-electron chi connectivity index (χ0n) is 17.1. The van der Waals surface area contributed by atoms with Crippen LogP contribution in [0.5, 0.6) is 0 Å². The van der Waals surface area contributed by atoms with Crippen molar-refractivity contribution in [3.63, 3.8) is 0 Å². The van der Waals surface area contributed by atoms with Crippen molar-refractivity contribution >= 4 is 17.8 Å². The predicted octanol–water partition coefficient (Wildman–Crippen LogP) is 3.40. The summed E-state index contributed by atoms with van der Waals surface area (Å²) in [5.74, 6) is -1.19. The van der Waals surface area contributed by atoms with E-state index in [-0.39, 0.29) is 30.4 Å². The minimum atomic E-state index is -0.563. The number of carbonyl (C=O) groups excluding carboxylic acids is 3. The Morgan fingerprint density at radius 2 is 1.55 bits per heavy atom. The molecule has 2 aromatic rings. The lowest BCUT2D eigenvalue weighted by atomic mass is 10.0. The molecule has 2 rings (SSSR count). The smallest absolute Gasteiger partial charge is 0.308 e. The normalized spacial score (nSPS) is 12.0. The van der Waals surface area contributed by atoms with Crippen molar-refractivity contribution in [2.45, 2.75) is 45.2 Å². The van der Waals surface area contributed by atoms with Crippen molar-refractivity contribution in [1.82, 2.24) is 10.6 Å². The van der Waals surface area contributed by atoms with Gasteiger partial charge in [0, 0.05) is 11.1 Å². The Morgan fingerprint density at radius 1 is 0.966 bits per heavy atom. The van der Waals surface area contributed by atoms with Crippen LogP contribution in [0, 0.1) is 0 Å². The molecule has 1 atom stereocenters. The van der Waals surface area contributed by atoms with Crippen molar-refractivity contribution in [3.8, 4) is 0 Å². The van der Waals surface area contributed by atoms with E-state index in [2.05, 4.69) is 10.6 Å². The molecule has 2 aromatic carbocycles. The Kier molecular flexibility index (Phi) is 7.95. The molecular formula is C23H28N2O4. The maximum Gasteiger partial charge on any atom is 0.308 e. The maximum absolute atomic E-state index is 12.5. The van der Waals surface area contributed by atoms with E-state index >= 15 is 0 Å². The molecule has 2 N–H and O–H groups in total. The van der Waals surface area contributed by atoms with Gasteiger partial charge in [0.2, 0.25) is 0 Å².